The SMILES string of the molecule is O=C(CSc1nc2ccccc2o1)Nc1ccccc1C(=O)NCC(F)(F)F. The van der Waals surface area contributed by atoms with Crippen LogP contribution in [-0.4, -0.2) is 35.3 Å². The van der Waals surface area contributed by atoms with E-state index in [-0.39, 0.29) is 17.0 Å². The Kier molecular flexibility index (Phi) is 5.88. The number of alkyl halides is 3. The standard InChI is InChI=1S/C18H14F3N3O3S/c19-18(20,21)10-22-16(26)11-5-1-2-6-12(11)23-15(25)9-28-17-24-13-7-3-4-8-14(13)27-17/h1-8H,9-10H2,(H,22,26)(H,23,25). The van der Waals surface area contributed by atoms with E-state index in [0.717, 1.165) is 11.8 Å². The van der Waals surface area contributed by atoms with Crippen molar-refractivity contribution >= 4 is 40.4 Å². The molecule has 1 heterocycles. The number of carbonyl (C=O) groups is 2. The number of hydrogen-bond acceptors (Lipinski definition) is 5. The largest absolute Gasteiger partial charge is 0.431 e. The summed E-state index contributed by atoms with van der Waals surface area (Å²) >= 11 is 1.06. The molecule has 0 unspecified atom stereocenters. The van der Waals surface area contributed by atoms with Crippen LogP contribution in [0.1, 0.15) is 10.4 Å². The van der Waals surface area contributed by atoms with Gasteiger partial charge in [0.1, 0.15) is 12.1 Å². The van der Waals surface area contributed by atoms with Gasteiger partial charge in [0.15, 0.2) is 5.58 Å². The van der Waals surface area contributed by atoms with Crippen molar-refractivity contribution in [1.82, 2.24) is 10.3 Å². The highest BCUT2D eigenvalue weighted by Gasteiger charge is 2.28. The zero-order chi connectivity index (χ0) is 20.1. The summed E-state index contributed by atoms with van der Waals surface area (Å²) in [6.07, 6.45) is -4.52. The van der Waals surface area contributed by atoms with E-state index in [2.05, 4.69) is 10.3 Å². The smallest absolute Gasteiger partial charge is 0.405 e. The van der Waals surface area contributed by atoms with E-state index in [9.17, 15) is 22.8 Å². The molecule has 0 aliphatic heterocycles. The van der Waals surface area contributed by atoms with Crippen molar-refractivity contribution < 1.29 is 27.2 Å². The van der Waals surface area contributed by atoms with Gasteiger partial charge in [0.2, 0.25) is 5.91 Å². The van der Waals surface area contributed by atoms with Crippen molar-refractivity contribution in [3.05, 3.63) is 54.1 Å². The highest BCUT2D eigenvalue weighted by molar-refractivity contribution is 7.99. The fourth-order valence-electron chi connectivity index (χ4n) is 2.29. The van der Waals surface area contributed by atoms with Crippen LogP contribution in [0.15, 0.2) is 58.2 Å². The second kappa shape index (κ2) is 8.34. The number of oxazole rings is 1. The Morgan fingerprint density at radius 3 is 2.54 bits per heavy atom. The molecule has 0 saturated heterocycles. The van der Waals surface area contributed by atoms with E-state index in [1.807, 2.05) is 6.07 Å². The minimum absolute atomic E-state index is 0.0503. The van der Waals surface area contributed by atoms with Crippen molar-refractivity contribution in [3.8, 4) is 0 Å². The first-order valence-corrected chi connectivity index (χ1v) is 9.02. The van der Waals surface area contributed by atoms with Gasteiger partial charge in [-0.1, -0.05) is 36.0 Å². The average molecular weight is 409 g/mol. The molecule has 0 atom stereocenters. The number of nitrogens with zero attached hydrogens (tertiary/aromatic N) is 1. The van der Waals surface area contributed by atoms with Crippen LogP contribution < -0.4 is 10.6 Å². The number of aromatic nitrogens is 1. The van der Waals surface area contributed by atoms with Gasteiger partial charge >= 0.3 is 6.18 Å². The molecule has 0 aliphatic carbocycles. The first-order chi connectivity index (χ1) is 13.3. The maximum absolute atomic E-state index is 12.3. The number of rotatable bonds is 6. The lowest BCUT2D eigenvalue weighted by Crippen LogP contribution is -2.34. The molecular weight excluding hydrogens is 395 g/mol. The van der Waals surface area contributed by atoms with Gasteiger partial charge in [-0.05, 0) is 24.3 Å². The highest BCUT2D eigenvalue weighted by Crippen LogP contribution is 2.23. The average Bonchev–Trinajstić information content (AvgIpc) is 3.07. The summed E-state index contributed by atoms with van der Waals surface area (Å²) in [5.41, 5.74) is 1.31. The Bertz CT molecular complexity index is 971. The first-order valence-electron chi connectivity index (χ1n) is 8.04. The molecular formula is C18H14F3N3O3S. The Labute approximate surface area is 161 Å². The summed E-state index contributed by atoms with van der Waals surface area (Å²) in [4.78, 5) is 28.4. The van der Waals surface area contributed by atoms with Crippen molar-refractivity contribution in [1.29, 1.82) is 0 Å². The molecule has 2 amide bonds. The van der Waals surface area contributed by atoms with Crippen LogP contribution in [0, 0.1) is 0 Å². The van der Waals surface area contributed by atoms with Crippen molar-refractivity contribution in [2.24, 2.45) is 0 Å². The summed E-state index contributed by atoms with van der Waals surface area (Å²) < 4.78 is 42.3. The highest BCUT2D eigenvalue weighted by atomic mass is 32.2. The van der Waals surface area contributed by atoms with Crippen LogP contribution in [0.4, 0.5) is 18.9 Å². The number of amides is 2. The van der Waals surface area contributed by atoms with E-state index in [0.29, 0.717) is 16.3 Å². The van der Waals surface area contributed by atoms with Gasteiger partial charge in [-0.15, -0.1) is 0 Å². The Balaban J connectivity index is 1.61. The first kappa shape index (κ1) is 19.7. The number of anilines is 1. The fraction of sp³-hybridized carbons (Fsp3) is 0.167. The normalized spacial score (nSPS) is 11.4. The van der Waals surface area contributed by atoms with E-state index >= 15 is 0 Å². The Morgan fingerprint density at radius 2 is 1.79 bits per heavy atom. The molecule has 0 aliphatic rings. The molecule has 1 aromatic heterocycles. The molecule has 0 spiro atoms. The third-order valence-corrected chi connectivity index (χ3v) is 4.32. The molecule has 2 N–H and O–H groups in total. The Hall–Kier alpha value is -3.01. The number of halogens is 3. The lowest BCUT2D eigenvalue weighted by molar-refractivity contribution is -0.123. The van der Waals surface area contributed by atoms with Gasteiger partial charge in [0.05, 0.1) is 17.0 Å². The summed E-state index contributed by atoms with van der Waals surface area (Å²) in [6.45, 7) is -1.46. The van der Waals surface area contributed by atoms with Crippen LogP contribution in [0.3, 0.4) is 0 Å². The lowest BCUT2D eigenvalue weighted by atomic mass is 10.1. The van der Waals surface area contributed by atoms with Crippen LogP contribution >= 0.6 is 11.8 Å². The zero-order valence-electron chi connectivity index (χ0n) is 14.2. The fourth-order valence-corrected chi connectivity index (χ4v) is 2.93. The molecule has 6 nitrogen and oxygen atoms in total. The minimum Gasteiger partial charge on any atom is -0.431 e. The van der Waals surface area contributed by atoms with Gasteiger partial charge in [-0.25, -0.2) is 4.98 Å². The second-order valence-electron chi connectivity index (χ2n) is 5.63. The lowest BCUT2D eigenvalue weighted by Gasteiger charge is -2.12. The summed E-state index contributed by atoms with van der Waals surface area (Å²) in [5.74, 6) is -1.44. The minimum atomic E-state index is -4.52. The van der Waals surface area contributed by atoms with Crippen LogP contribution in [-0.2, 0) is 4.79 Å². The molecule has 3 aromatic rings. The summed E-state index contributed by atoms with van der Waals surface area (Å²) in [6, 6.07) is 13.0. The maximum Gasteiger partial charge on any atom is 0.405 e. The predicted octanol–water partition coefficient (Wildman–Crippen LogP) is 3.85. The van der Waals surface area contributed by atoms with Crippen LogP contribution in [0.2, 0.25) is 0 Å². The van der Waals surface area contributed by atoms with Gasteiger partial charge in [0, 0.05) is 0 Å². The monoisotopic (exact) mass is 409 g/mol. The van der Waals surface area contributed by atoms with Crippen molar-refractivity contribution in [3.63, 3.8) is 0 Å². The second-order valence-corrected chi connectivity index (χ2v) is 6.55. The third-order valence-electron chi connectivity index (χ3n) is 3.50. The summed E-state index contributed by atoms with van der Waals surface area (Å²) in [7, 11) is 0. The van der Waals surface area contributed by atoms with E-state index in [4.69, 9.17) is 4.42 Å². The molecule has 0 bridgehead atoms. The third kappa shape index (κ3) is 5.26. The number of thioether (sulfide) groups is 1. The molecule has 0 radical (unpaired) electrons. The maximum atomic E-state index is 12.3. The van der Waals surface area contributed by atoms with Crippen molar-refractivity contribution in [2.75, 3.05) is 17.6 Å². The van der Waals surface area contributed by atoms with E-state index < -0.39 is 24.5 Å². The Morgan fingerprint density at radius 1 is 1.07 bits per heavy atom. The van der Waals surface area contributed by atoms with Crippen molar-refractivity contribution in [2.45, 2.75) is 11.4 Å². The molecule has 2 aromatic carbocycles. The molecule has 0 saturated carbocycles. The molecule has 28 heavy (non-hydrogen) atoms. The van der Waals surface area contributed by atoms with E-state index in [1.165, 1.54) is 18.2 Å². The number of nitrogens with one attached hydrogen (secondary N) is 2. The van der Waals surface area contributed by atoms with Gasteiger partial charge < -0.3 is 15.1 Å². The number of fused-ring (bicyclic) bond motifs is 1. The molecule has 0 fully saturated rings. The van der Waals surface area contributed by atoms with Gasteiger partial charge in [0.25, 0.3) is 11.1 Å². The van der Waals surface area contributed by atoms with Gasteiger partial charge in [-0.3, -0.25) is 9.59 Å². The molecule has 146 valence electrons. The number of para-hydroxylation sites is 3. The molecule has 10 heteroatoms. The number of benzene rings is 2. The number of carbonyl (C=O) groups excluding carboxylic acids is 2. The van der Waals surface area contributed by atoms with Crippen LogP contribution in [0.25, 0.3) is 11.1 Å². The summed E-state index contributed by atoms with van der Waals surface area (Å²) in [5, 5.41) is 4.61. The zero-order valence-corrected chi connectivity index (χ0v) is 15.1. The molecule has 3 rings (SSSR count). The van der Waals surface area contributed by atoms with Crippen LogP contribution in [0.5, 0.6) is 0 Å². The topological polar surface area (TPSA) is 84.2 Å². The quantitative estimate of drug-likeness (QED) is 0.604. The van der Waals surface area contributed by atoms with Gasteiger partial charge in [-0.2, -0.15) is 13.2 Å². The predicted molar refractivity (Wildman–Crippen MR) is 98.2 cm³/mol. The van der Waals surface area contributed by atoms with E-state index in [1.54, 1.807) is 29.6 Å². The number of hydrogen-bond donors (Lipinski definition) is 2.